The Kier molecular flexibility index (Phi) is 6.28. The second kappa shape index (κ2) is 8.42. The Labute approximate surface area is 151 Å². The number of nitrogens with one attached hydrogen (secondary N) is 2. The standard InChI is InChI=1S/C15H13N3O5S2/c1-23-15(19)17-14(24)16-12-9-11(7-8-13(12)18(20)21)25(22)10-5-3-2-4-6-10/h2-9H,1H3,(H2,16,17,19,24). The highest BCUT2D eigenvalue weighted by molar-refractivity contribution is 7.91. The van der Waals surface area contributed by atoms with Crippen molar-refractivity contribution in [2.45, 2.75) is 9.79 Å². The zero-order valence-electron chi connectivity index (χ0n) is 12.9. The Hall–Kier alpha value is -2.69. The third-order valence-corrected chi connectivity index (χ3v) is 4.57. The zero-order chi connectivity index (χ0) is 18.4. The Morgan fingerprint density at radius 2 is 1.88 bits per heavy atom. The average Bonchev–Trinajstić information content (AvgIpc) is 2.61. The van der Waals surface area contributed by atoms with Crippen molar-refractivity contribution in [3.63, 3.8) is 0 Å². The highest BCUT2D eigenvalue weighted by Gasteiger charge is 2.22. The fraction of sp³-hybridized carbons (Fsp3) is 0.0667. The maximum absolute atomic E-state index is 12.6. The molecule has 0 aliphatic rings. The van der Waals surface area contributed by atoms with E-state index in [0.29, 0.717) is 9.79 Å². The molecule has 0 aliphatic carbocycles. The third-order valence-electron chi connectivity index (χ3n) is 2.99. The summed E-state index contributed by atoms with van der Waals surface area (Å²) in [5, 5.41) is 15.7. The van der Waals surface area contributed by atoms with Crippen LogP contribution in [0.25, 0.3) is 0 Å². The Morgan fingerprint density at radius 3 is 2.48 bits per heavy atom. The number of hydrogen-bond acceptors (Lipinski definition) is 6. The summed E-state index contributed by atoms with van der Waals surface area (Å²) in [5.41, 5.74) is -0.268. The molecule has 1 atom stereocenters. The minimum Gasteiger partial charge on any atom is -0.606 e. The molecule has 0 spiro atoms. The Balaban J connectivity index is 2.31. The molecule has 2 N–H and O–H groups in total. The summed E-state index contributed by atoms with van der Waals surface area (Å²) >= 11 is 3.38. The first-order valence-corrected chi connectivity index (χ1v) is 8.39. The minimum absolute atomic E-state index is 0.00758. The summed E-state index contributed by atoms with van der Waals surface area (Å²) < 4.78 is 17.0. The van der Waals surface area contributed by atoms with Gasteiger partial charge in [-0.25, -0.2) is 4.79 Å². The number of rotatable bonds is 4. The smallest absolute Gasteiger partial charge is 0.413 e. The number of methoxy groups -OCH3 is 1. The molecule has 1 unspecified atom stereocenters. The normalized spacial score (nSPS) is 11.3. The van der Waals surface area contributed by atoms with Crippen LogP contribution in [-0.2, 0) is 15.9 Å². The van der Waals surface area contributed by atoms with Crippen LogP contribution in [0.4, 0.5) is 16.2 Å². The van der Waals surface area contributed by atoms with E-state index in [1.165, 1.54) is 18.2 Å². The molecule has 10 heteroatoms. The highest BCUT2D eigenvalue weighted by atomic mass is 32.2. The number of nitro benzene ring substituents is 1. The number of amides is 1. The van der Waals surface area contributed by atoms with E-state index < -0.39 is 22.2 Å². The van der Waals surface area contributed by atoms with Crippen LogP contribution in [-0.4, -0.2) is 27.8 Å². The van der Waals surface area contributed by atoms with E-state index in [1.807, 2.05) is 0 Å². The lowest BCUT2D eigenvalue weighted by Gasteiger charge is -2.13. The lowest BCUT2D eigenvalue weighted by molar-refractivity contribution is -0.383. The lowest BCUT2D eigenvalue weighted by Crippen LogP contribution is -2.34. The SMILES string of the molecule is COC(=O)NC(=S)Nc1cc([S+]([O-])c2ccccc2)ccc1[N+](=O)[O-]. The molecule has 2 rings (SSSR count). The molecule has 2 aromatic rings. The van der Waals surface area contributed by atoms with Crippen molar-refractivity contribution in [1.29, 1.82) is 0 Å². The molecule has 25 heavy (non-hydrogen) atoms. The number of hydrogen-bond donors (Lipinski definition) is 2. The summed E-state index contributed by atoms with van der Waals surface area (Å²) in [6.45, 7) is 0. The van der Waals surface area contributed by atoms with Gasteiger partial charge in [0.15, 0.2) is 14.9 Å². The van der Waals surface area contributed by atoms with E-state index >= 15 is 0 Å². The van der Waals surface area contributed by atoms with Crippen LogP contribution in [0.15, 0.2) is 58.3 Å². The van der Waals surface area contributed by atoms with Crippen LogP contribution in [0.3, 0.4) is 0 Å². The molecule has 0 fully saturated rings. The van der Waals surface area contributed by atoms with Gasteiger partial charge in [0, 0.05) is 29.4 Å². The van der Waals surface area contributed by atoms with Crippen molar-refractivity contribution in [3.05, 3.63) is 58.6 Å². The molecule has 130 valence electrons. The number of nitrogens with zero attached hydrogens (tertiary/aromatic N) is 1. The van der Waals surface area contributed by atoms with Gasteiger partial charge < -0.3 is 14.6 Å². The van der Waals surface area contributed by atoms with Gasteiger partial charge in [0.25, 0.3) is 5.69 Å². The molecule has 0 heterocycles. The second-order valence-corrected chi connectivity index (χ2v) is 6.48. The molecule has 0 saturated carbocycles. The molecule has 1 amide bonds. The van der Waals surface area contributed by atoms with Crippen LogP contribution in [0.2, 0.25) is 0 Å². The summed E-state index contributed by atoms with van der Waals surface area (Å²) in [7, 11) is 1.16. The maximum atomic E-state index is 12.6. The van der Waals surface area contributed by atoms with Gasteiger partial charge >= 0.3 is 6.09 Å². The van der Waals surface area contributed by atoms with Crippen molar-refractivity contribution in [1.82, 2.24) is 5.32 Å². The van der Waals surface area contributed by atoms with E-state index in [9.17, 15) is 19.5 Å². The first kappa shape index (κ1) is 18.6. The number of carbonyl (C=O) groups is 1. The van der Waals surface area contributed by atoms with E-state index in [1.54, 1.807) is 30.3 Å². The van der Waals surface area contributed by atoms with Gasteiger partial charge in [-0.3, -0.25) is 15.4 Å². The van der Waals surface area contributed by atoms with Gasteiger partial charge in [0.2, 0.25) is 0 Å². The molecule has 0 radical (unpaired) electrons. The number of nitro groups is 1. The number of alkyl carbamates (subject to hydrolysis) is 1. The van der Waals surface area contributed by atoms with Crippen molar-refractivity contribution < 1.29 is 19.0 Å². The van der Waals surface area contributed by atoms with E-state index in [0.717, 1.165) is 7.11 Å². The molecule has 8 nitrogen and oxygen atoms in total. The van der Waals surface area contributed by atoms with Crippen LogP contribution in [0.5, 0.6) is 0 Å². The predicted molar refractivity (Wildman–Crippen MR) is 96.0 cm³/mol. The maximum Gasteiger partial charge on any atom is 0.413 e. The Morgan fingerprint density at radius 1 is 1.20 bits per heavy atom. The van der Waals surface area contributed by atoms with Gasteiger partial charge in [-0.2, -0.15) is 0 Å². The van der Waals surface area contributed by atoms with Crippen LogP contribution < -0.4 is 10.6 Å². The third kappa shape index (κ3) is 4.89. The monoisotopic (exact) mass is 379 g/mol. The summed E-state index contributed by atoms with van der Waals surface area (Å²) in [5.74, 6) is 0. The van der Waals surface area contributed by atoms with Gasteiger partial charge in [0.1, 0.15) is 5.69 Å². The van der Waals surface area contributed by atoms with Gasteiger partial charge in [-0.05, 0) is 24.4 Å². The number of ether oxygens (including phenoxy) is 1. The molecule has 0 aromatic heterocycles. The highest BCUT2D eigenvalue weighted by Crippen LogP contribution is 2.30. The first-order valence-electron chi connectivity index (χ1n) is 6.83. The molecule has 0 aliphatic heterocycles. The fourth-order valence-corrected chi connectivity index (χ4v) is 3.15. The van der Waals surface area contributed by atoms with Crippen LogP contribution in [0.1, 0.15) is 0 Å². The number of benzene rings is 2. The quantitative estimate of drug-likeness (QED) is 0.363. The van der Waals surface area contributed by atoms with E-state index in [4.69, 9.17) is 12.2 Å². The lowest BCUT2D eigenvalue weighted by atomic mass is 10.2. The van der Waals surface area contributed by atoms with Crippen LogP contribution >= 0.6 is 12.2 Å². The first-order chi connectivity index (χ1) is 11.9. The summed E-state index contributed by atoms with van der Waals surface area (Å²) in [6.07, 6.45) is -0.816. The largest absolute Gasteiger partial charge is 0.606 e. The van der Waals surface area contributed by atoms with Gasteiger partial charge in [0.05, 0.1) is 12.0 Å². The molecule has 0 bridgehead atoms. The van der Waals surface area contributed by atoms with E-state index in [2.05, 4.69) is 15.4 Å². The Bertz CT molecular complexity index is 801. The van der Waals surface area contributed by atoms with Crippen molar-refractivity contribution in [2.24, 2.45) is 0 Å². The topological polar surface area (TPSA) is 117 Å². The predicted octanol–water partition coefficient (Wildman–Crippen LogP) is 2.81. The molecule has 2 aromatic carbocycles. The number of anilines is 1. The summed E-state index contributed by atoms with van der Waals surface area (Å²) in [6, 6.07) is 12.6. The fourth-order valence-electron chi connectivity index (χ4n) is 1.87. The molecular formula is C15H13N3O5S2. The average molecular weight is 379 g/mol. The van der Waals surface area contributed by atoms with Crippen molar-refractivity contribution in [2.75, 3.05) is 12.4 Å². The number of carbonyl (C=O) groups excluding carboxylic acids is 1. The van der Waals surface area contributed by atoms with Gasteiger partial charge in [-0.1, -0.05) is 18.2 Å². The van der Waals surface area contributed by atoms with Crippen molar-refractivity contribution in [3.8, 4) is 0 Å². The molecule has 0 saturated heterocycles. The number of thiocarbonyl (C=S) groups is 1. The molecular weight excluding hydrogens is 366 g/mol. The van der Waals surface area contributed by atoms with Gasteiger partial charge in [-0.15, -0.1) is 0 Å². The zero-order valence-corrected chi connectivity index (χ0v) is 14.6. The second-order valence-electron chi connectivity index (χ2n) is 4.59. The van der Waals surface area contributed by atoms with Crippen molar-refractivity contribution >= 4 is 46.0 Å². The van der Waals surface area contributed by atoms with Crippen LogP contribution in [0, 0.1) is 10.1 Å². The van der Waals surface area contributed by atoms with E-state index in [-0.39, 0.29) is 16.5 Å². The summed E-state index contributed by atoms with van der Waals surface area (Å²) in [4.78, 5) is 22.6. The minimum atomic E-state index is -1.52.